The molecule has 0 radical (unpaired) electrons. The van der Waals surface area contributed by atoms with Gasteiger partial charge in [-0.2, -0.15) is 0 Å². The van der Waals surface area contributed by atoms with Crippen LogP contribution in [0.3, 0.4) is 0 Å². The van der Waals surface area contributed by atoms with Crippen LogP contribution in [-0.2, 0) is 6.54 Å². The molecule has 0 aliphatic carbocycles. The van der Waals surface area contributed by atoms with Crippen molar-refractivity contribution in [3.8, 4) is 5.75 Å². The summed E-state index contributed by atoms with van der Waals surface area (Å²) in [4.78, 5) is 3.12. The maximum Gasteiger partial charge on any atom is 0.137 e. The van der Waals surface area contributed by atoms with Gasteiger partial charge >= 0.3 is 0 Å². The summed E-state index contributed by atoms with van der Waals surface area (Å²) in [6.07, 6.45) is -0.416. The topological polar surface area (TPSA) is 38.3 Å². The van der Waals surface area contributed by atoms with Crippen molar-refractivity contribution in [2.45, 2.75) is 26.5 Å². The first-order valence-electron chi connectivity index (χ1n) is 9.69. The molecular formula is C22H32N2O2+2. The molecule has 1 aliphatic heterocycles. The van der Waals surface area contributed by atoms with E-state index in [0.717, 1.165) is 50.6 Å². The van der Waals surface area contributed by atoms with E-state index in [1.165, 1.54) is 16.0 Å². The van der Waals surface area contributed by atoms with Crippen LogP contribution < -0.4 is 14.5 Å². The summed E-state index contributed by atoms with van der Waals surface area (Å²) < 4.78 is 5.85. The van der Waals surface area contributed by atoms with Crippen molar-refractivity contribution in [2.24, 2.45) is 0 Å². The highest BCUT2D eigenvalue weighted by Gasteiger charge is 2.25. The standard InChI is InChI=1S/C22H30N2O2/c1-18-8-9-19(2)22(14-18)26-17-21(25)16-24-12-10-23(11-13-24)15-20-6-4-3-5-7-20/h3-9,14,21,25H,10-13,15-17H2,1-2H3/p+2/t21-/m0/s1. The monoisotopic (exact) mass is 356 g/mol. The maximum atomic E-state index is 10.4. The molecule has 26 heavy (non-hydrogen) atoms. The molecule has 1 aliphatic rings. The zero-order valence-electron chi connectivity index (χ0n) is 16.0. The summed E-state index contributed by atoms with van der Waals surface area (Å²) in [5.41, 5.74) is 3.71. The molecule has 140 valence electrons. The first-order valence-corrected chi connectivity index (χ1v) is 9.69. The molecule has 0 aromatic heterocycles. The zero-order valence-corrected chi connectivity index (χ0v) is 16.0. The van der Waals surface area contributed by atoms with Crippen molar-refractivity contribution >= 4 is 0 Å². The summed E-state index contributed by atoms with van der Waals surface area (Å²) in [5, 5.41) is 10.4. The van der Waals surface area contributed by atoms with Gasteiger partial charge in [-0.3, -0.25) is 0 Å². The fourth-order valence-corrected chi connectivity index (χ4v) is 3.66. The van der Waals surface area contributed by atoms with Gasteiger partial charge in [0.05, 0.1) is 0 Å². The van der Waals surface area contributed by atoms with E-state index < -0.39 is 6.10 Å². The Bertz CT molecular complexity index is 682. The van der Waals surface area contributed by atoms with Crippen LogP contribution in [0.4, 0.5) is 0 Å². The second-order valence-corrected chi connectivity index (χ2v) is 7.60. The van der Waals surface area contributed by atoms with Gasteiger partial charge in [0.15, 0.2) is 0 Å². The molecule has 1 atom stereocenters. The third kappa shape index (κ3) is 5.56. The van der Waals surface area contributed by atoms with Crippen LogP contribution in [0.2, 0.25) is 0 Å². The van der Waals surface area contributed by atoms with Gasteiger partial charge in [-0.1, -0.05) is 42.5 Å². The first-order chi connectivity index (χ1) is 12.6. The zero-order chi connectivity index (χ0) is 18.4. The molecule has 1 heterocycles. The summed E-state index contributed by atoms with van der Waals surface area (Å²) in [5.74, 6) is 0.885. The summed E-state index contributed by atoms with van der Waals surface area (Å²) in [7, 11) is 0. The number of benzene rings is 2. The second kappa shape index (κ2) is 9.17. The van der Waals surface area contributed by atoms with Crippen molar-refractivity contribution in [2.75, 3.05) is 39.3 Å². The summed E-state index contributed by atoms with van der Waals surface area (Å²) >= 11 is 0. The number of hydrogen-bond acceptors (Lipinski definition) is 2. The minimum Gasteiger partial charge on any atom is -0.490 e. The van der Waals surface area contributed by atoms with Gasteiger partial charge in [0.2, 0.25) is 0 Å². The molecule has 4 nitrogen and oxygen atoms in total. The molecule has 2 aromatic carbocycles. The van der Waals surface area contributed by atoms with Crippen molar-refractivity contribution in [3.05, 3.63) is 65.2 Å². The molecule has 4 heteroatoms. The number of aliphatic hydroxyl groups excluding tert-OH is 1. The molecule has 0 bridgehead atoms. The molecular weight excluding hydrogens is 324 g/mol. The lowest BCUT2D eigenvalue weighted by molar-refractivity contribution is -1.02. The normalized spacial score (nSPS) is 21.3. The lowest BCUT2D eigenvalue weighted by Crippen LogP contribution is -3.28. The van der Waals surface area contributed by atoms with Crippen molar-refractivity contribution in [1.29, 1.82) is 0 Å². The van der Waals surface area contributed by atoms with Gasteiger partial charge in [-0.15, -0.1) is 0 Å². The fraction of sp³-hybridized carbons (Fsp3) is 0.455. The smallest absolute Gasteiger partial charge is 0.137 e. The SMILES string of the molecule is Cc1ccc(C)c(OC[C@@H](O)C[NH+]2CC[NH+](Cc3ccccc3)CC2)c1. The molecule has 0 amide bonds. The van der Waals surface area contributed by atoms with Crippen LogP contribution in [-0.4, -0.2) is 50.5 Å². The Balaban J connectivity index is 1.39. The maximum absolute atomic E-state index is 10.4. The van der Waals surface area contributed by atoms with Crippen LogP contribution in [0.25, 0.3) is 0 Å². The molecule has 1 saturated heterocycles. The summed E-state index contributed by atoms with van der Waals surface area (Å²) in [6, 6.07) is 16.9. The van der Waals surface area contributed by atoms with Gasteiger partial charge < -0.3 is 19.6 Å². The van der Waals surface area contributed by atoms with Crippen molar-refractivity contribution in [1.82, 2.24) is 0 Å². The predicted molar refractivity (Wildman–Crippen MR) is 104 cm³/mol. The number of hydrogen-bond donors (Lipinski definition) is 3. The largest absolute Gasteiger partial charge is 0.490 e. The van der Waals surface area contributed by atoms with Gasteiger partial charge in [-0.05, 0) is 31.0 Å². The first kappa shape index (κ1) is 18.9. The van der Waals surface area contributed by atoms with Crippen LogP contribution in [0.15, 0.2) is 48.5 Å². The van der Waals surface area contributed by atoms with Gasteiger partial charge in [0.25, 0.3) is 0 Å². The van der Waals surface area contributed by atoms with Gasteiger partial charge in [0.1, 0.15) is 57.7 Å². The van der Waals surface area contributed by atoms with E-state index >= 15 is 0 Å². The lowest BCUT2D eigenvalue weighted by atomic mass is 10.1. The second-order valence-electron chi connectivity index (χ2n) is 7.60. The van der Waals surface area contributed by atoms with Crippen LogP contribution >= 0.6 is 0 Å². The van der Waals surface area contributed by atoms with E-state index in [0.29, 0.717) is 6.61 Å². The third-order valence-corrected chi connectivity index (χ3v) is 5.26. The lowest BCUT2D eigenvalue weighted by Gasteiger charge is -2.30. The van der Waals surface area contributed by atoms with Gasteiger partial charge in [-0.25, -0.2) is 0 Å². The Morgan fingerprint density at radius 2 is 1.65 bits per heavy atom. The predicted octanol–water partition coefficient (Wildman–Crippen LogP) is 0.0267. The molecule has 3 N–H and O–H groups in total. The van der Waals surface area contributed by atoms with Gasteiger partial charge in [0, 0.05) is 5.56 Å². The number of aryl methyl sites for hydroxylation is 2. The third-order valence-electron chi connectivity index (χ3n) is 5.26. The highest BCUT2D eigenvalue weighted by atomic mass is 16.5. The average Bonchev–Trinajstić information content (AvgIpc) is 2.65. The minimum atomic E-state index is -0.416. The number of piperazine rings is 1. The number of rotatable bonds is 7. The summed E-state index contributed by atoms with van der Waals surface area (Å²) in [6.45, 7) is 10.9. The van der Waals surface area contributed by atoms with E-state index in [-0.39, 0.29) is 0 Å². The minimum absolute atomic E-state index is 0.369. The van der Waals surface area contributed by atoms with Crippen LogP contribution in [0, 0.1) is 13.8 Å². The van der Waals surface area contributed by atoms with E-state index in [1.807, 2.05) is 13.0 Å². The van der Waals surface area contributed by atoms with E-state index in [4.69, 9.17) is 4.74 Å². The molecule has 0 saturated carbocycles. The molecule has 0 spiro atoms. The number of nitrogens with one attached hydrogen (secondary N) is 2. The van der Waals surface area contributed by atoms with Crippen LogP contribution in [0.5, 0.6) is 5.75 Å². The highest BCUT2D eigenvalue weighted by Crippen LogP contribution is 2.19. The molecule has 1 fully saturated rings. The van der Waals surface area contributed by atoms with Crippen LogP contribution in [0.1, 0.15) is 16.7 Å². The highest BCUT2D eigenvalue weighted by molar-refractivity contribution is 5.35. The fourth-order valence-electron chi connectivity index (χ4n) is 3.66. The molecule has 2 aromatic rings. The number of quaternary nitrogens is 2. The Morgan fingerprint density at radius 3 is 2.38 bits per heavy atom. The Morgan fingerprint density at radius 1 is 0.962 bits per heavy atom. The Labute approximate surface area is 157 Å². The Hall–Kier alpha value is -1.88. The van der Waals surface area contributed by atoms with E-state index in [1.54, 1.807) is 4.90 Å². The van der Waals surface area contributed by atoms with E-state index in [2.05, 4.69) is 49.4 Å². The number of aliphatic hydroxyl groups is 1. The molecule has 0 unspecified atom stereocenters. The van der Waals surface area contributed by atoms with E-state index in [9.17, 15) is 5.11 Å². The van der Waals surface area contributed by atoms with Crippen molar-refractivity contribution < 1.29 is 19.6 Å². The quantitative estimate of drug-likeness (QED) is 0.655. The van der Waals surface area contributed by atoms with Crippen molar-refractivity contribution in [3.63, 3.8) is 0 Å². The number of ether oxygens (including phenoxy) is 1. The molecule has 3 rings (SSSR count). The average molecular weight is 357 g/mol. The Kier molecular flexibility index (Phi) is 6.67.